The number of piperazine rings is 1. The molecule has 3 heterocycles. The van der Waals surface area contributed by atoms with Crippen LogP contribution >= 0.6 is 0 Å². The number of carbonyl (C=O) groups excluding carboxylic acids is 3. The van der Waals surface area contributed by atoms with Crippen molar-refractivity contribution in [3.63, 3.8) is 0 Å². The van der Waals surface area contributed by atoms with Gasteiger partial charge >= 0.3 is 5.97 Å². The molecule has 2 amide bonds. The lowest BCUT2D eigenvalue weighted by atomic mass is 10.0. The molecule has 1 aromatic heterocycles. The van der Waals surface area contributed by atoms with Crippen molar-refractivity contribution in [2.45, 2.75) is 37.8 Å². The van der Waals surface area contributed by atoms with E-state index in [9.17, 15) is 14.4 Å². The van der Waals surface area contributed by atoms with Gasteiger partial charge in [0, 0.05) is 43.6 Å². The van der Waals surface area contributed by atoms with Gasteiger partial charge in [0.15, 0.2) is 17.1 Å². The minimum absolute atomic E-state index is 0.0180. The zero-order valence-electron chi connectivity index (χ0n) is 17.2. The molecule has 2 N–H and O–H groups in total. The average molecular weight is 421 g/mol. The number of ether oxygens (including phenoxy) is 1. The number of hydrogen-bond donors (Lipinski definition) is 1. The molecule has 1 atom stereocenters. The Labute approximate surface area is 179 Å². The first-order valence-electron chi connectivity index (χ1n) is 10.4. The molecule has 5 rings (SSSR count). The molecule has 1 aliphatic carbocycles. The third kappa shape index (κ3) is 3.20. The van der Waals surface area contributed by atoms with Crippen LogP contribution in [0.3, 0.4) is 0 Å². The molecular formula is C22H23N5O4. The largest absolute Gasteiger partial charge is 0.444 e. The highest BCUT2D eigenvalue weighted by atomic mass is 16.6. The van der Waals surface area contributed by atoms with Crippen LogP contribution in [0.5, 0.6) is 0 Å². The number of anilines is 1. The van der Waals surface area contributed by atoms with Crippen LogP contribution in [0.1, 0.15) is 44.8 Å². The van der Waals surface area contributed by atoms with E-state index in [0.717, 1.165) is 11.4 Å². The molecule has 2 fully saturated rings. The van der Waals surface area contributed by atoms with Crippen LogP contribution in [0.15, 0.2) is 30.3 Å². The first kappa shape index (κ1) is 19.5. The molecule has 31 heavy (non-hydrogen) atoms. The van der Waals surface area contributed by atoms with Crippen molar-refractivity contribution in [1.82, 2.24) is 15.1 Å². The Kier molecular flexibility index (Phi) is 4.42. The van der Waals surface area contributed by atoms with E-state index >= 15 is 0 Å². The first-order chi connectivity index (χ1) is 14.9. The number of rotatable bonds is 4. The summed E-state index contributed by atoms with van der Waals surface area (Å²) in [6.07, 6.45) is 1.54. The van der Waals surface area contributed by atoms with Crippen LogP contribution in [0, 0.1) is 6.92 Å². The Morgan fingerprint density at radius 1 is 1.13 bits per heavy atom. The maximum Gasteiger partial charge on any atom is 0.360 e. The second-order valence-corrected chi connectivity index (χ2v) is 8.39. The molecule has 1 aromatic carbocycles. The van der Waals surface area contributed by atoms with Crippen molar-refractivity contribution in [3.8, 4) is 0 Å². The number of nitrogens with zero attached hydrogens (tertiary/aromatic N) is 4. The molecule has 9 heteroatoms. The van der Waals surface area contributed by atoms with Gasteiger partial charge in [-0.1, -0.05) is 18.2 Å². The topological polar surface area (TPSA) is 119 Å². The Morgan fingerprint density at radius 3 is 2.55 bits per heavy atom. The lowest BCUT2D eigenvalue weighted by Gasteiger charge is -2.38. The van der Waals surface area contributed by atoms with Gasteiger partial charge in [-0.25, -0.2) is 4.79 Å². The predicted octanol–water partition coefficient (Wildman–Crippen LogP) is 0.847. The maximum absolute atomic E-state index is 12.8. The zero-order chi connectivity index (χ0) is 21.8. The van der Waals surface area contributed by atoms with Gasteiger partial charge in [-0.15, -0.1) is 10.2 Å². The van der Waals surface area contributed by atoms with Crippen LogP contribution in [0.2, 0.25) is 0 Å². The number of aromatic nitrogens is 2. The first-order valence-corrected chi connectivity index (χ1v) is 10.4. The SMILES string of the molecule is Cc1c(C(=O)OC2(C(N)=O)CC2)nnc2c1CC1CN(C(=O)c3ccccc3)CCN21. The predicted molar refractivity (Wildman–Crippen MR) is 111 cm³/mol. The van der Waals surface area contributed by atoms with E-state index in [2.05, 4.69) is 15.1 Å². The van der Waals surface area contributed by atoms with Crippen LogP contribution < -0.4 is 10.6 Å². The Hall–Kier alpha value is -3.49. The summed E-state index contributed by atoms with van der Waals surface area (Å²) in [5.74, 6) is -0.533. The van der Waals surface area contributed by atoms with Gasteiger partial charge in [0.25, 0.3) is 11.8 Å². The third-order valence-electron chi connectivity index (χ3n) is 6.46. The molecule has 3 aliphatic rings. The average Bonchev–Trinajstić information content (AvgIpc) is 3.46. The summed E-state index contributed by atoms with van der Waals surface area (Å²) >= 11 is 0. The molecule has 0 radical (unpaired) electrons. The van der Waals surface area contributed by atoms with Crippen molar-refractivity contribution < 1.29 is 19.1 Å². The van der Waals surface area contributed by atoms with E-state index in [1.807, 2.05) is 42.2 Å². The summed E-state index contributed by atoms with van der Waals surface area (Å²) in [6.45, 7) is 3.64. The number of benzene rings is 1. The molecule has 1 saturated carbocycles. The van der Waals surface area contributed by atoms with Gasteiger partial charge in [-0.3, -0.25) is 9.59 Å². The molecule has 0 bridgehead atoms. The highest BCUT2D eigenvalue weighted by Crippen LogP contribution is 2.40. The normalized spacial score (nSPS) is 20.6. The molecule has 1 saturated heterocycles. The fourth-order valence-corrected chi connectivity index (χ4v) is 4.44. The number of amides is 2. The van der Waals surface area contributed by atoms with E-state index in [-0.39, 0.29) is 17.6 Å². The standard InChI is InChI=1S/C22H23N5O4/c1-13-16-11-15-12-26(19(28)14-5-3-2-4-6-14)9-10-27(15)18(16)25-24-17(13)20(29)31-22(7-8-22)21(23)30/h2-6,15H,7-12H2,1H3,(H2,23,30). The highest BCUT2D eigenvalue weighted by molar-refractivity contribution is 5.95. The second-order valence-electron chi connectivity index (χ2n) is 8.39. The molecule has 2 aliphatic heterocycles. The molecule has 0 spiro atoms. The summed E-state index contributed by atoms with van der Waals surface area (Å²) in [7, 11) is 0. The van der Waals surface area contributed by atoms with Crippen molar-refractivity contribution in [1.29, 1.82) is 0 Å². The molecule has 1 unspecified atom stereocenters. The lowest BCUT2D eigenvalue weighted by Crippen LogP contribution is -2.53. The molecule has 9 nitrogen and oxygen atoms in total. The monoisotopic (exact) mass is 421 g/mol. The summed E-state index contributed by atoms with van der Waals surface area (Å²) in [5.41, 5.74) is 6.59. The van der Waals surface area contributed by atoms with Gasteiger partial charge < -0.3 is 20.3 Å². The zero-order valence-corrected chi connectivity index (χ0v) is 17.2. The minimum atomic E-state index is -1.19. The van der Waals surface area contributed by atoms with Crippen molar-refractivity contribution in [2.75, 3.05) is 24.5 Å². The summed E-state index contributed by atoms with van der Waals surface area (Å²) in [4.78, 5) is 41.1. The van der Waals surface area contributed by atoms with Crippen LogP contribution in [-0.4, -0.2) is 64.2 Å². The summed E-state index contributed by atoms with van der Waals surface area (Å²) in [6, 6.07) is 9.34. The van der Waals surface area contributed by atoms with Crippen LogP contribution in [0.25, 0.3) is 0 Å². The number of fused-ring (bicyclic) bond motifs is 3. The van der Waals surface area contributed by atoms with Gasteiger partial charge in [0.2, 0.25) is 0 Å². The fraction of sp³-hybridized carbons (Fsp3) is 0.409. The van der Waals surface area contributed by atoms with E-state index in [4.69, 9.17) is 10.5 Å². The molecule has 160 valence electrons. The van der Waals surface area contributed by atoms with Crippen molar-refractivity contribution in [2.24, 2.45) is 5.73 Å². The number of primary amides is 1. The van der Waals surface area contributed by atoms with E-state index in [0.29, 0.717) is 50.0 Å². The molecular weight excluding hydrogens is 398 g/mol. The van der Waals surface area contributed by atoms with Gasteiger partial charge in [-0.05, 0) is 31.0 Å². The Morgan fingerprint density at radius 2 is 1.87 bits per heavy atom. The number of esters is 1. The number of nitrogens with two attached hydrogens (primary N) is 1. The van der Waals surface area contributed by atoms with Gasteiger partial charge in [-0.2, -0.15) is 0 Å². The Balaban J connectivity index is 1.34. The lowest BCUT2D eigenvalue weighted by molar-refractivity contribution is -0.128. The Bertz CT molecular complexity index is 1080. The van der Waals surface area contributed by atoms with Gasteiger partial charge in [0.05, 0.1) is 6.04 Å². The number of carbonyl (C=O) groups is 3. The highest BCUT2D eigenvalue weighted by Gasteiger charge is 2.53. The van der Waals surface area contributed by atoms with E-state index in [1.165, 1.54) is 0 Å². The number of hydrogen-bond acceptors (Lipinski definition) is 7. The minimum Gasteiger partial charge on any atom is -0.444 e. The fourth-order valence-electron chi connectivity index (χ4n) is 4.44. The van der Waals surface area contributed by atoms with E-state index < -0.39 is 17.5 Å². The van der Waals surface area contributed by atoms with Crippen LogP contribution in [0.4, 0.5) is 5.82 Å². The van der Waals surface area contributed by atoms with Gasteiger partial charge in [0.1, 0.15) is 0 Å². The summed E-state index contributed by atoms with van der Waals surface area (Å²) < 4.78 is 5.37. The summed E-state index contributed by atoms with van der Waals surface area (Å²) in [5, 5.41) is 8.42. The van der Waals surface area contributed by atoms with E-state index in [1.54, 1.807) is 0 Å². The second kappa shape index (κ2) is 7.04. The van der Waals surface area contributed by atoms with Crippen molar-refractivity contribution in [3.05, 3.63) is 52.7 Å². The van der Waals surface area contributed by atoms with Crippen LogP contribution in [-0.2, 0) is 16.0 Å². The smallest absolute Gasteiger partial charge is 0.360 e. The maximum atomic E-state index is 12.8. The quantitative estimate of drug-likeness (QED) is 0.727. The third-order valence-corrected chi connectivity index (χ3v) is 6.46. The van der Waals surface area contributed by atoms with Crippen molar-refractivity contribution >= 4 is 23.6 Å². The molecule has 2 aromatic rings.